The molecule has 2 amide bonds. The molecule has 1 fully saturated rings. The van der Waals surface area contributed by atoms with Crippen molar-refractivity contribution in [3.8, 4) is 0 Å². The summed E-state index contributed by atoms with van der Waals surface area (Å²) in [5.41, 5.74) is 0.616. The molecule has 0 saturated heterocycles. The number of carbonyl (C=O) groups excluding carboxylic acids is 1. The van der Waals surface area contributed by atoms with Gasteiger partial charge in [-0.3, -0.25) is 0 Å². The van der Waals surface area contributed by atoms with E-state index in [4.69, 9.17) is 0 Å². The Kier molecular flexibility index (Phi) is 5.13. The molecule has 0 atom stereocenters. The molecule has 6 heteroatoms. The van der Waals surface area contributed by atoms with Gasteiger partial charge in [0.2, 0.25) is 0 Å². The van der Waals surface area contributed by atoms with Crippen molar-refractivity contribution in [2.45, 2.75) is 45.3 Å². The zero-order chi connectivity index (χ0) is 16.9. The van der Waals surface area contributed by atoms with Crippen LogP contribution in [0.1, 0.15) is 37.6 Å². The van der Waals surface area contributed by atoms with Crippen LogP contribution in [0.3, 0.4) is 0 Å². The van der Waals surface area contributed by atoms with Crippen LogP contribution >= 0.6 is 0 Å². The van der Waals surface area contributed by atoms with Gasteiger partial charge in [0, 0.05) is 30.5 Å². The van der Waals surface area contributed by atoms with Crippen LogP contribution in [0.15, 0.2) is 36.7 Å². The molecule has 1 saturated carbocycles. The molecule has 0 bridgehead atoms. The summed E-state index contributed by atoms with van der Waals surface area (Å²) < 4.78 is 15.8. The number of imidazole rings is 1. The fraction of sp³-hybridized carbons (Fsp3) is 0.444. The Bertz CT molecular complexity index is 696. The Hall–Kier alpha value is -2.37. The van der Waals surface area contributed by atoms with Crippen LogP contribution < -0.4 is 5.32 Å². The van der Waals surface area contributed by atoms with Crippen LogP contribution in [0.5, 0.6) is 0 Å². The van der Waals surface area contributed by atoms with Gasteiger partial charge in [0.1, 0.15) is 11.6 Å². The molecule has 1 aliphatic carbocycles. The highest BCUT2D eigenvalue weighted by molar-refractivity contribution is 5.74. The Morgan fingerprint density at radius 3 is 2.92 bits per heavy atom. The first kappa shape index (κ1) is 16.5. The van der Waals surface area contributed by atoms with Crippen LogP contribution in [0.2, 0.25) is 0 Å². The fourth-order valence-corrected chi connectivity index (χ4v) is 2.68. The number of benzene rings is 1. The highest BCUT2D eigenvalue weighted by Crippen LogP contribution is 2.28. The maximum absolute atomic E-state index is 13.9. The first-order valence-electron chi connectivity index (χ1n) is 8.47. The summed E-state index contributed by atoms with van der Waals surface area (Å²) in [7, 11) is 0. The van der Waals surface area contributed by atoms with Gasteiger partial charge < -0.3 is 14.8 Å². The molecular formula is C18H23FN4O. The smallest absolute Gasteiger partial charge is 0.318 e. The predicted molar refractivity (Wildman–Crippen MR) is 90.0 cm³/mol. The Labute approximate surface area is 141 Å². The molecule has 1 aromatic heterocycles. The van der Waals surface area contributed by atoms with Gasteiger partial charge in [-0.2, -0.15) is 0 Å². The first-order chi connectivity index (χ1) is 11.7. The summed E-state index contributed by atoms with van der Waals surface area (Å²) in [5, 5.41) is 2.93. The van der Waals surface area contributed by atoms with Crippen LogP contribution in [0.25, 0.3) is 0 Å². The maximum atomic E-state index is 13.9. The van der Waals surface area contributed by atoms with Gasteiger partial charge in [0.25, 0.3) is 0 Å². The van der Waals surface area contributed by atoms with Gasteiger partial charge in [-0.05, 0) is 25.3 Å². The van der Waals surface area contributed by atoms with E-state index < -0.39 is 0 Å². The molecule has 0 radical (unpaired) electrons. The third-order valence-electron chi connectivity index (χ3n) is 4.19. The second-order valence-corrected chi connectivity index (χ2v) is 6.15. The van der Waals surface area contributed by atoms with Crippen molar-refractivity contribution in [2.24, 2.45) is 0 Å². The molecule has 1 aliphatic rings. The van der Waals surface area contributed by atoms with Crippen LogP contribution in [0, 0.1) is 5.82 Å². The maximum Gasteiger partial charge on any atom is 0.318 e. The van der Waals surface area contributed by atoms with E-state index >= 15 is 0 Å². The molecule has 3 rings (SSSR count). The topological polar surface area (TPSA) is 50.2 Å². The number of rotatable bonds is 7. The quantitative estimate of drug-likeness (QED) is 0.848. The predicted octanol–water partition coefficient (Wildman–Crippen LogP) is 3.15. The largest absolute Gasteiger partial charge is 0.338 e. The summed E-state index contributed by atoms with van der Waals surface area (Å²) in [6, 6.07) is 6.98. The fourth-order valence-electron chi connectivity index (χ4n) is 2.68. The second kappa shape index (κ2) is 7.47. The van der Waals surface area contributed by atoms with E-state index in [1.165, 1.54) is 6.07 Å². The lowest BCUT2D eigenvalue weighted by molar-refractivity contribution is 0.190. The molecule has 5 nitrogen and oxygen atoms in total. The molecule has 1 heterocycles. The zero-order valence-electron chi connectivity index (χ0n) is 13.9. The van der Waals surface area contributed by atoms with E-state index in [-0.39, 0.29) is 11.8 Å². The lowest BCUT2D eigenvalue weighted by Gasteiger charge is -2.23. The van der Waals surface area contributed by atoms with E-state index in [2.05, 4.69) is 10.3 Å². The Morgan fingerprint density at radius 2 is 2.21 bits per heavy atom. The number of nitrogens with one attached hydrogen (secondary N) is 1. The van der Waals surface area contributed by atoms with Gasteiger partial charge in [-0.15, -0.1) is 0 Å². The number of hydrogen-bond acceptors (Lipinski definition) is 2. The third-order valence-corrected chi connectivity index (χ3v) is 4.19. The SMILES string of the molecule is CCCNC(=O)N(Cc1nccn1Cc1ccccc1F)C1CC1. The average molecular weight is 330 g/mol. The first-order valence-corrected chi connectivity index (χ1v) is 8.47. The van der Waals surface area contributed by atoms with E-state index in [0.29, 0.717) is 31.2 Å². The molecule has 128 valence electrons. The van der Waals surface area contributed by atoms with E-state index in [0.717, 1.165) is 25.1 Å². The van der Waals surface area contributed by atoms with Crippen LogP contribution in [-0.4, -0.2) is 33.1 Å². The summed E-state index contributed by atoms with van der Waals surface area (Å²) >= 11 is 0. The third kappa shape index (κ3) is 3.93. The highest BCUT2D eigenvalue weighted by atomic mass is 19.1. The molecule has 1 aromatic carbocycles. The number of amides is 2. The summed E-state index contributed by atoms with van der Waals surface area (Å²) in [4.78, 5) is 18.6. The van der Waals surface area contributed by atoms with Crippen molar-refractivity contribution in [2.75, 3.05) is 6.54 Å². The lowest BCUT2D eigenvalue weighted by atomic mass is 10.2. The van der Waals surface area contributed by atoms with E-state index in [1.807, 2.05) is 28.7 Å². The molecule has 1 N–H and O–H groups in total. The van der Waals surface area contributed by atoms with E-state index in [1.54, 1.807) is 18.3 Å². The minimum atomic E-state index is -0.225. The monoisotopic (exact) mass is 330 g/mol. The van der Waals surface area contributed by atoms with Crippen molar-refractivity contribution >= 4 is 6.03 Å². The summed E-state index contributed by atoms with van der Waals surface area (Å²) in [5.74, 6) is 0.550. The summed E-state index contributed by atoms with van der Waals surface area (Å²) in [6.45, 7) is 3.56. The van der Waals surface area contributed by atoms with Gasteiger partial charge in [0.05, 0.1) is 13.1 Å². The van der Waals surface area contributed by atoms with Crippen molar-refractivity contribution < 1.29 is 9.18 Å². The Morgan fingerprint density at radius 1 is 1.42 bits per heavy atom. The number of urea groups is 1. The standard InChI is InChI=1S/C18H23FN4O/c1-2-9-21-18(24)23(15-7-8-15)13-17-20-10-11-22(17)12-14-5-3-4-6-16(14)19/h3-6,10-11,15H,2,7-9,12-13H2,1H3,(H,21,24). The lowest BCUT2D eigenvalue weighted by Crippen LogP contribution is -2.41. The molecule has 0 aliphatic heterocycles. The van der Waals surface area contributed by atoms with Gasteiger partial charge in [0.15, 0.2) is 0 Å². The average Bonchev–Trinajstić information content (AvgIpc) is 3.33. The van der Waals surface area contributed by atoms with Gasteiger partial charge >= 0.3 is 6.03 Å². The minimum Gasteiger partial charge on any atom is -0.338 e. The number of halogens is 1. The second-order valence-electron chi connectivity index (χ2n) is 6.15. The van der Waals surface area contributed by atoms with E-state index in [9.17, 15) is 9.18 Å². The van der Waals surface area contributed by atoms with Gasteiger partial charge in [-0.1, -0.05) is 25.1 Å². The van der Waals surface area contributed by atoms with Crippen LogP contribution in [0.4, 0.5) is 9.18 Å². The molecule has 0 spiro atoms. The molecule has 0 unspecified atom stereocenters. The van der Waals surface area contributed by atoms with Crippen LogP contribution in [-0.2, 0) is 13.1 Å². The summed E-state index contributed by atoms with van der Waals surface area (Å²) in [6.07, 6.45) is 6.51. The highest BCUT2D eigenvalue weighted by Gasteiger charge is 2.33. The zero-order valence-corrected chi connectivity index (χ0v) is 13.9. The number of carbonyl (C=O) groups is 1. The molecule has 24 heavy (non-hydrogen) atoms. The van der Waals surface area contributed by atoms with Crippen molar-refractivity contribution in [1.82, 2.24) is 19.8 Å². The van der Waals surface area contributed by atoms with Crippen molar-refractivity contribution in [1.29, 1.82) is 0 Å². The van der Waals surface area contributed by atoms with Gasteiger partial charge in [-0.25, -0.2) is 14.2 Å². The number of aromatic nitrogens is 2. The molecule has 2 aromatic rings. The number of hydrogen-bond donors (Lipinski definition) is 1. The molecular weight excluding hydrogens is 307 g/mol. The Balaban J connectivity index is 1.72. The van der Waals surface area contributed by atoms with Crippen molar-refractivity contribution in [3.05, 3.63) is 53.9 Å². The normalized spacial score (nSPS) is 13.8. The number of nitrogens with zero attached hydrogens (tertiary/aromatic N) is 3. The minimum absolute atomic E-state index is 0.0419. The van der Waals surface area contributed by atoms with Crippen molar-refractivity contribution in [3.63, 3.8) is 0 Å².